The minimum atomic E-state index is 0. The van der Waals surface area contributed by atoms with E-state index in [0.29, 0.717) is 0 Å². The van der Waals surface area contributed by atoms with Crippen LogP contribution in [0.2, 0.25) is 0 Å². The molecule has 0 unspecified atom stereocenters. The molecule has 1 aliphatic heterocycles. The minimum absolute atomic E-state index is 0. The molecular weight excluding hydrogens is 189 g/mol. The van der Waals surface area contributed by atoms with Gasteiger partial charge in [-0.15, -0.1) is 0 Å². The van der Waals surface area contributed by atoms with Crippen molar-refractivity contribution in [3.63, 3.8) is 0 Å². The van der Waals surface area contributed by atoms with E-state index in [1.54, 1.807) is 0 Å². The fraction of sp³-hybridized carbons (Fsp3) is 1.00. The van der Waals surface area contributed by atoms with Gasteiger partial charge in [0.1, 0.15) is 0 Å². The molecular formula is C13H28FN. The van der Waals surface area contributed by atoms with Crippen LogP contribution in [0.25, 0.3) is 0 Å². The van der Waals surface area contributed by atoms with E-state index in [1.807, 2.05) is 4.90 Å². The molecule has 0 spiro atoms. The number of hydrogen-bond donors (Lipinski definition) is 1. The SMILES string of the molecule is CCCCCCC[NH+]1CCC(C)CC1.[F-]. The van der Waals surface area contributed by atoms with E-state index >= 15 is 0 Å². The van der Waals surface area contributed by atoms with Crippen LogP contribution in [-0.2, 0) is 0 Å². The quantitative estimate of drug-likeness (QED) is 0.560. The fourth-order valence-corrected chi connectivity index (χ4v) is 2.40. The van der Waals surface area contributed by atoms with Gasteiger partial charge in [0.05, 0.1) is 19.6 Å². The Kier molecular flexibility index (Phi) is 9.07. The van der Waals surface area contributed by atoms with Crippen molar-refractivity contribution >= 4 is 0 Å². The van der Waals surface area contributed by atoms with Crippen LogP contribution in [0.15, 0.2) is 0 Å². The topological polar surface area (TPSA) is 4.44 Å². The van der Waals surface area contributed by atoms with E-state index in [-0.39, 0.29) is 4.70 Å². The first-order valence-electron chi connectivity index (χ1n) is 6.66. The van der Waals surface area contributed by atoms with Crippen LogP contribution >= 0.6 is 0 Å². The predicted octanol–water partition coefficient (Wildman–Crippen LogP) is -0.724. The van der Waals surface area contributed by atoms with Gasteiger partial charge in [-0.05, 0) is 31.6 Å². The van der Waals surface area contributed by atoms with Crippen LogP contribution in [0.1, 0.15) is 58.8 Å². The summed E-state index contributed by atoms with van der Waals surface area (Å²) in [6, 6.07) is 0. The lowest BCUT2D eigenvalue weighted by Gasteiger charge is -2.27. The van der Waals surface area contributed by atoms with Crippen LogP contribution in [0.4, 0.5) is 0 Å². The van der Waals surface area contributed by atoms with Crippen LogP contribution in [0.5, 0.6) is 0 Å². The summed E-state index contributed by atoms with van der Waals surface area (Å²) in [6.07, 6.45) is 10.1. The van der Waals surface area contributed by atoms with Crippen molar-refractivity contribution in [2.75, 3.05) is 19.6 Å². The van der Waals surface area contributed by atoms with E-state index in [0.717, 1.165) is 5.92 Å². The highest BCUT2D eigenvalue weighted by molar-refractivity contribution is 4.55. The summed E-state index contributed by atoms with van der Waals surface area (Å²) in [6.45, 7) is 9.01. The zero-order chi connectivity index (χ0) is 10.2. The zero-order valence-corrected chi connectivity index (χ0v) is 10.5. The summed E-state index contributed by atoms with van der Waals surface area (Å²) >= 11 is 0. The molecule has 0 aromatic carbocycles. The van der Waals surface area contributed by atoms with Gasteiger partial charge >= 0.3 is 0 Å². The minimum Gasteiger partial charge on any atom is -1.00 e. The molecule has 0 bridgehead atoms. The molecule has 0 atom stereocenters. The third-order valence-corrected chi connectivity index (χ3v) is 3.62. The Morgan fingerprint density at radius 2 is 1.60 bits per heavy atom. The predicted molar refractivity (Wildman–Crippen MR) is 62.7 cm³/mol. The van der Waals surface area contributed by atoms with Crippen LogP contribution in [-0.4, -0.2) is 19.6 Å². The normalized spacial score (nSPS) is 26.0. The van der Waals surface area contributed by atoms with Gasteiger partial charge in [-0.2, -0.15) is 0 Å². The maximum atomic E-state index is 2.40. The molecule has 0 aliphatic carbocycles. The molecule has 1 saturated heterocycles. The standard InChI is InChI=1S/C13H27N.FH/c1-3-4-5-6-7-10-14-11-8-13(2)9-12-14;/h13H,3-12H2,1-2H3;1H. The molecule has 0 amide bonds. The highest BCUT2D eigenvalue weighted by Gasteiger charge is 2.17. The molecule has 0 aromatic rings. The number of hydrogen-bond acceptors (Lipinski definition) is 0. The van der Waals surface area contributed by atoms with Gasteiger partial charge in [0.2, 0.25) is 0 Å². The summed E-state index contributed by atoms with van der Waals surface area (Å²) < 4.78 is 0. The Bertz CT molecular complexity index is 130. The number of halogens is 1. The molecule has 2 heteroatoms. The first kappa shape index (κ1) is 14.9. The highest BCUT2D eigenvalue weighted by atomic mass is 19.0. The maximum Gasteiger partial charge on any atom is 0.0773 e. The van der Waals surface area contributed by atoms with Crippen LogP contribution < -0.4 is 9.60 Å². The molecule has 1 aliphatic rings. The lowest BCUT2D eigenvalue weighted by Crippen LogP contribution is -3.13. The summed E-state index contributed by atoms with van der Waals surface area (Å²) in [5.74, 6) is 0.999. The second-order valence-corrected chi connectivity index (χ2v) is 5.10. The summed E-state index contributed by atoms with van der Waals surface area (Å²) in [4.78, 5) is 1.87. The molecule has 0 radical (unpaired) electrons. The van der Waals surface area contributed by atoms with Gasteiger partial charge in [-0.1, -0.05) is 33.1 Å². The zero-order valence-electron chi connectivity index (χ0n) is 10.5. The lowest BCUT2D eigenvalue weighted by atomic mass is 9.99. The van der Waals surface area contributed by atoms with Crippen molar-refractivity contribution in [2.24, 2.45) is 5.92 Å². The monoisotopic (exact) mass is 217 g/mol. The molecule has 92 valence electrons. The Labute approximate surface area is 94.6 Å². The molecule has 15 heavy (non-hydrogen) atoms. The number of rotatable bonds is 6. The van der Waals surface area contributed by atoms with Crippen molar-refractivity contribution in [1.29, 1.82) is 0 Å². The first-order valence-corrected chi connectivity index (χ1v) is 6.66. The van der Waals surface area contributed by atoms with Gasteiger partial charge in [0.15, 0.2) is 0 Å². The van der Waals surface area contributed by atoms with Crippen molar-refractivity contribution in [2.45, 2.75) is 58.8 Å². The summed E-state index contributed by atoms with van der Waals surface area (Å²) in [5, 5.41) is 0. The van der Waals surface area contributed by atoms with Crippen molar-refractivity contribution in [3.05, 3.63) is 0 Å². The number of piperidine rings is 1. The van der Waals surface area contributed by atoms with E-state index < -0.39 is 0 Å². The Hall–Kier alpha value is -0.110. The molecule has 1 heterocycles. The Morgan fingerprint density at radius 3 is 2.20 bits per heavy atom. The van der Waals surface area contributed by atoms with E-state index in [1.165, 1.54) is 64.6 Å². The molecule has 1 nitrogen and oxygen atoms in total. The first-order chi connectivity index (χ1) is 6.83. The number of unbranched alkanes of at least 4 members (excludes halogenated alkanes) is 4. The smallest absolute Gasteiger partial charge is 0.0773 e. The van der Waals surface area contributed by atoms with Gasteiger partial charge in [-0.25, -0.2) is 0 Å². The fourth-order valence-electron chi connectivity index (χ4n) is 2.40. The average Bonchev–Trinajstić information content (AvgIpc) is 2.21. The molecule has 1 rings (SSSR count). The highest BCUT2D eigenvalue weighted by Crippen LogP contribution is 2.07. The molecule has 1 fully saturated rings. The summed E-state index contributed by atoms with van der Waals surface area (Å²) in [5.41, 5.74) is 0. The van der Waals surface area contributed by atoms with E-state index in [2.05, 4.69) is 13.8 Å². The van der Waals surface area contributed by atoms with Gasteiger partial charge in [0, 0.05) is 0 Å². The van der Waals surface area contributed by atoms with Crippen molar-refractivity contribution in [1.82, 2.24) is 0 Å². The lowest BCUT2D eigenvalue weighted by molar-refractivity contribution is -0.906. The van der Waals surface area contributed by atoms with Gasteiger partial charge < -0.3 is 9.60 Å². The molecule has 0 saturated carbocycles. The third-order valence-electron chi connectivity index (χ3n) is 3.62. The number of quaternary nitrogens is 1. The Morgan fingerprint density at radius 1 is 1.00 bits per heavy atom. The van der Waals surface area contributed by atoms with Gasteiger partial charge in [0.25, 0.3) is 0 Å². The molecule has 1 N–H and O–H groups in total. The largest absolute Gasteiger partial charge is 1.00 e. The second kappa shape index (κ2) is 9.14. The van der Waals surface area contributed by atoms with E-state index in [9.17, 15) is 0 Å². The average molecular weight is 217 g/mol. The van der Waals surface area contributed by atoms with Crippen LogP contribution in [0, 0.1) is 5.92 Å². The third kappa shape index (κ3) is 6.88. The summed E-state index contributed by atoms with van der Waals surface area (Å²) in [7, 11) is 0. The van der Waals surface area contributed by atoms with Crippen molar-refractivity contribution < 1.29 is 9.60 Å². The second-order valence-electron chi connectivity index (χ2n) is 5.10. The van der Waals surface area contributed by atoms with E-state index in [4.69, 9.17) is 0 Å². The molecule has 0 aromatic heterocycles. The van der Waals surface area contributed by atoms with Gasteiger partial charge in [-0.3, -0.25) is 0 Å². The van der Waals surface area contributed by atoms with Crippen LogP contribution in [0.3, 0.4) is 0 Å². The maximum absolute atomic E-state index is 2.40. The van der Waals surface area contributed by atoms with Crippen molar-refractivity contribution in [3.8, 4) is 0 Å². The number of nitrogens with one attached hydrogen (secondary N) is 1. The number of likely N-dealkylation sites (tertiary alicyclic amines) is 1. The Balaban J connectivity index is 0.00000196.